The average molecular weight is 367 g/mol. The number of nitrogens with zero attached hydrogens (tertiary/aromatic N) is 1. The lowest BCUT2D eigenvalue weighted by atomic mass is 10.2. The van der Waals surface area contributed by atoms with Gasteiger partial charge in [-0.05, 0) is 18.6 Å². The fourth-order valence-corrected chi connectivity index (χ4v) is 3.94. The van der Waals surface area contributed by atoms with Crippen LogP contribution in [0.3, 0.4) is 0 Å². The zero-order valence-electron chi connectivity index (χ0n) is 11.2. The van der Waals surface area contributed by atoms with Crippen LogP contribution in [0.5, 0.6) is 0 Å². The summed E-state index contributed by atoms with van der Waals surface area (Å²) < 4.78 is 27.3. The number of nitrogens with one attached hydrogen (secondary N) is 1. The molecule has 2 heterocycles. The van der Waals surface area contributed by atoms with Crippen LogP contribution in [0.4, 0.5) is 0 Å². The summed E-state index contributed by atoms with van der Waals surface area (Å²) in [5.41, 5.74) is -0.189. The summed E-state index contributed by atoms with van der Waals surface area (Å²) >= 11 is 11.4. The molecule has 22 heavy (non-hydrogen) atoms. The third-order valence-corrected chi connectivity index (χ3v) is 5.22. The Hall–Kier alpha value is -1.38. The van der Waals surface area contributed by atoms with Gasteiger partial charge in [0.25, 0.3) is 5.91 Å². The van der Waals surface area contributed by atoms with E-state index in [2.05, 4.69) is 10.3 Å². The number of esters is 1. The number of carbonyl (C=O) groups is 2. The lowest BCUT2D eigenvalue weighted by Gasteiger charge is -2.11. The highest BCUT2D eigenvalue weighted by molar-refractivity contribution is 7.91. The largest absolute Gasteiger partial charge is 0.451 e. The number of sulfone groups is 1. The van der Waals surface area contributed by atoms with Crippen molar-refractivity contribution in [2.75, 3.05) is 18.1 Å². The summed E-state index contributed by atoms with van der Waals surface area (Å²) in [5, 5.41) is 2.61. The Bertz CT molecular complexity index is 707. The van der Waals surface area contributed by atoms with Crippen LogP contribution < -0.4 is 5.32 Å². The maximum Gasteiger partial charge on any atom is 0.359 e. The van der Waals surface area contributed by atoms with Crippen LogP contribution in [0.25, 0.3) is 0 Å². The quantitative estimate of drug-likeness (QED) is 0.625. The van der Waals surface area contributed by atoms with Gasteiger partial charge < -0.3 is 10.1 Å². The number of halogens is 2. The first kappa shape index (κ1) is 17.0. The van der Waals surface area contributed by atoms with Crippen molar-refractivity contribution < 1.29 is 22.7 Å². The highest BCUT2D eigenvalue weighted by Crippen LogP contribution is 2.17. The van der Waals surface area contributed by atoms with Gasteiger partial charge in [0, 0.05) is 6.04 Å². The fraction of sp³-hybridized carbons (Fsp3) is 0.417. The van der Waals surface area contributed by atoms with Crippen molar-refractivity contribution in [1.29, 1.82) is 0 Å². The van der Waals surface area contributed by atoms with Gasteiger partial charge in [-0.15, -0.1) is 0 Å². The fourth-order valence-electron chi connectivity index (χ4n) is 1.94. The second-order valence-corrected chi connectivity index (χ2v) is 7.73. The molecular formula is C12H12Cl2N2O5S. The van der Waals surface area contributed by atoms with Gasteiger partial charge in [-0.2, -0.15) is 0 Å². The first-order valence-electron chi connectivity index (χ1n) is 6.26. The van der Waals surface area contributed by atoms with Gasteiger partial charge in [0.1, 0.15) is 5.15 Å². The molecule has 1 saturated heterocycles. The SMILES string of the molecule is O=C(COC(=O)c1nc(Cl)ccc1Cl)N[C@H]1CCS(=O)(=O)C1. The Morgan fingerprint density at radius 3 is 2.73 bits per heavy atom. The molecule has 0 unspecified atom stereocenters. The minimum Gasteiger partial charge on any atom is -0.451 e. The Labute approximate surface area is 136 Å². The molecule has 0 spiro atoms. The molecule has 1 aromatic heterocycles. The third kappa shape index (κ3) is 4.56. The van der Waals surface area contributed by atoms with Crippen LogP contribution >= 0.6 is 23.2 Å². The molecule has 0 bridgehead atoms. The zero-order chi connectivity index (χ0) is 16.3. The number of hydrogen-bond acceptors (Lipinski definition) is 6. The van der Waals surface area contributed by atoms with Crippen molar-refractivity contribution in [2.45, 2.75) is 12.5 Å². The summed E-state index contributed by atoms with van der Waals surface area (Å²) in [7, 11) is -3.09. The van der Waals surface area contributed by atoms with Gasteiger partial charge in [-0.25, -0.2) is 18.2 Å². The van der Waals surface area contributed by atoms with E-state index in [9.17, 15) is 18.0 Å². The molecule has 1 N–H and O–H groups in total. The molecule has 1 fully saturated rings. The monoisotopic (exact) mass is 366 g/mol. The normalized spacial score (nSPS) is 19.6. The number of ether oxygens (including phenoxy) is 1. The molecule has 0 aromatic carbocycles. The number of aromatic nitrogens is 1. The van der Waals surface area contributed by atoms with E-state index in [1.807, 2.05) is 0 Å². The molecule has 0 aliphatic carbocycles. The molecule has 1 aliphatic heterocycles. The highest BCUT2D eigenvalue weighted by atomic mass is 35.5. The third-order valence-electron chi connectivity index (χ3n) is 2.94. The molecule has 120 valence electrons. The second-order valence-electron chi connectivity index (χ2n) is 4.71. The number of carbonyl (C=O) groups excluding carboxylic acids is 2. The molecule has 10 heteroatoms. The number of hydrogen-bond donors (Lipinski definition) is 1. The summed E-state index contributed by atoms with van der Waals surface area (Å²) in [5.74, 6) is -1.54. The Morgan fingerprint density at radius 1 is 1.36 bits per heavy atom. The molecule has 7 nitrogen and oxygen atoms in total. The minimum absolute atomic E-state index is 0.0414. The molecule has 1 atom stereocenters. The van der Waals surface area contributed by atoms with Crippen LogP contribution in [0.2, 0.25) is 10.2 Å². The van der Waals surface area contributed by atoms with Crippen molar-refractivity contribution in [1.82, 2.24) is 10.3 Å². The van der Waals surface area contributed by atoms with Crippen LogP contribution in [0.1, 0.15) is 16.9 Å². The van der Waals surface area contributed by atoms with Crippen molar-refractivity contribution in [3.63, 3.8) is 0 Å². The molecule has 2 rings (SSSR count). The maximum atomic E-state index is 11.8. The summed E-state index contributed by atoms with van der Waals surface area (Å²) in [4.78, 5) is 27.1. The van der Waals surface area contributed by atoms with Crippen molar-refractivity contribution in [3.8, 4) is 0 Å². The lowest BCUT2D eigenvalue weighted by molar-refractivity contribution is -0.124. The van der Waals surface area contributed by atoms with Gasteiger partial charge in [-0.1, -0.05) is 23.2 Å². The average Bonchev–Trinajstić information content (AvgIpc) is 2.78. The van der Waals surface area contributed by atoms with Crippen LogP contribution in [-0.4, -0.2) is 49.4 Å². The number of pyridine rings is 1. The van der Waals surface area contributed by atoms with Gasteiger partial charge in [0.2, 0.25) is 0 Å². The highest BCUT2D eigenvalue weighted by Gasteiger charge is 2.29. The van der Waals surface area contributed by atoms with Crippen molar-refractivity contribution in [3.05, 3.63) is 28.0 Å². The van der Waals surface area contributed by atoms with E-state index in [0.717, 1.165) is 0 Å². The predicted molar refractivity (Wildman–Crippen MR) is 79.7 cm³/mol. The topological polar surface area (TPSA) is 102 Å². The van der Waals surface area contributed by atoms with E-state index in [-0.39, 0.29) is 27.4 Å². The zero-order valence-corrected chi connectivity index (χ0v) is 13.5. The maximum absolute atomic E-state index is 11.8. The number of amides is 1. The van der Waals surface area contributed by atoms with Crippen molar-refractivity contribution >= 4 is 44.9 Å². The molecule has 1 amide bonds. The van der Waals surface area contributed by atoms with E-state index >= 15 is 0 Å². The lowest BCUT2D eigenvalue weighted by Crippen LogP contribution is -2.38. The standard InChI is InChI=1S/C12H12Cl2N2O5S/c13-8-1-2-9(14)16-11(8)12(18)21-5-10(17)15-7-3-4-22(19,20)6-7/h1-2,7H,3-6H2,(H,15,17)/t7-/m0/s1. The van der Waals surface area contributed by atoms with Crippen LogP contribution in [-0.2, 0) is 19.4 Å². The van der Waals surface area contributed by atoms with E-state index in [1.165, 1.54) is 12.1 Å². The van der Waals surface area contributed by atoms with E-state index < -0.39 is 34.4 Å². The first-order chi connectivity index (χ1) is 10.3. The second kappa shape index (κ2) is 6.80. The summed E-state index contributed by atoms with van der Waals surface area (Å²) in [6.45, 7) is -0.556. The van der Waals surface area contributed by atoms with E-state index in [1.54, 1.807) is 0 Å². The Balaban J connectivity index is 1.86. The smallest absolute Gasteiger partial charge is 0.359 e. The van der Waals surface area contributed by atoms with Gasteiger partial charge in [0.15, 0.2) is 22.1 Å². The molecule has 1 aliphatic rings. The minimum atomic E-state index is -3.09. The van der Waals surface area contributed by atoms with Crippen LogP contribution in [0, 0.1) is 0 Å². The van der Waals surface area contributed by atoms with Gasteiger partial charge in [0.05, 0.1) is 16.5 Å². The Morgan fingerprint density at radius 2 is 2.09 bits per heavy atom. The van der Waals surface area contributed by atoms with E-state index in [0.29, 0.717) is 6.42 Å². The molecular weight excluding hydrogens is 355 g/mol. The van der Waals surface area contributed by atoms with Gasteiger partial charge >= 0.3 is 5.97 Å². The molecule has 1 aromatic rings. The predicted octanol–water partition coefficient (Wildman–Crippen LogP) is 0.849. The van der Waals surface area contributed by atoms with Crippen LogP contribution in [0.15, 0.2) is 12.1 Å². The van der Waals surface area contributed by atoms with E-state index in [4.69, 9.17) is 27.9 Å². The number of rotatable bonds is 4. The van der Waals surface area contributed by atoms with Crippen molar-refractivity contribution in [2.24, 2.45) is 0 Å². The Kier molecular flexibility index (Phi) is 5.25. The molecule has 0 radical (unpaired) electrons. The molecule has 0 saturated carbocycles. The first-order valence-corrected chi connectivity index (χ1v) is 8.83. The summed E-state index contributed by atoms with van der Waals surface area (Å²) in [6, 6.07) is 2.34. The summed E-state index contributed by atoms with van der Waals surface area (Å²) in [6.07, 6.45) is 0.351. The van der Waals surface area contributed by atoms with Gasteiger partial charge in [-0.3, -0.25) is 4.79 Å².